The van der Waals surface area contributed by atoms with Gasteiger partial charge in [-0.15, -0.1) is 0 Å². The van der Waals surface area contributed by atoms with Crippen molar-refractivity contribution in [3.63, 3.8) is 0 Å². The summed E-state index contributed by atoms with van der Waals surface area (Å²) in [5.41, 5.74) is 1.09. The molecule has 2 atom stereocenters. The van der Waals surface area contributed by atoms with E-state index in [1.54, 1.807) is 0 Å². The van der Waals surface area contributed by atoms with Gasteiger partial charge < -0.3 is 5.11 Å². The van der Waals surface area contributed by atoms with E-state index in [9.17, 15) is 5.11 Å². The maximum Gasteiger partial charge on any atom is 0.0755 e. The molecule has 16 heavy (non-hydrogen) atoms. The van der Waals surface area contributed by atoms with Gasteiger partial charge in [-0.25, -0.2) is 0 Å². The third-order valence-electron chi connectivity index (χ3n) is 3.35. The van der Waals surface area contributed by atoms with Crippen LogP contribution in [0.5, 0.6) is 0 Å². The van der Waals surface area contributed by atoms with E-state index in [0.717, 1.165) is 17.7 Å². The quantitative estimate of drug-likeness (QED) is 0.638. The Kier molecular flexibility index (Phi) is 8.21. The normalized spacial score (nSPS) is 18.2. The van der Waals surface area contributed by atoms with E-state index in [1.165, 1.54) is 19.3 Å². The van der Waals surface area contributed by atoms with Gasteiger partial charge in [0.15, 0.2) is 0 Å². The summed E-state index contributed by atoms with van der Waals surface area (Å²) < 4.78 is 0.401. The number of rotatable bonds is 8. The van der Waals surface area contributed by atoms with Gasteiger partial charge in [-0.05, 0) is 44.4 Å². The summed E-state index contributed by atoms with van der Waals surface area (Å²) in [4.78, 5) is 0. The molecule has 0 saturated heterocycles. The molecule has 1 nitrogen and oxygen atoms in total. The zero-order valence-electron chi connectivity index (χ0n) is 11.5. The Morgan fingerprint density at radius 3 is 2.50 bits per heavy atom. The van der Waals surface area contributed by atoms with Gasteiger partial charge in [0.25, 0.3) is 0 Å². The average Bonchev–Trinajstić information content (AvgIpc) is 2.28. The molecule has 0 amide bonds. The number of allylic oxidation sites excluding steroid dienone is 1. The molecule has 96 valence electrons. The Morgan fingerprint density at radius 2 is 2.06 bits per heavy atom. The Morgan fingerprint density at radius 1 is 1.44 bits per heavy atom. The minimum absolute atomic E-state index is 0.250. The van der Waals surface area contributed by atoms with Crippen LogP contribution in [0.25, 0.3) is 0 Å². The smallest absolute Gasteiger partial charge is 0.0755 e. The van der Waals surface area contributed by atoms with Crippen LogP contribution >= 0.6 is 11.8 Å². The van der Waals surface area contributed by atoms with Crippen LogP contribution in [-0.4, -0.2) is 21.7 Å². The Balaban J connectivity index is 3.95. The zero-order chi connectivity index (χ0) is 12.6. The lowest BCUT2D eigenvalue weighted by molar-refractivity contribution is 0.207. The molecule has 0 aliphatic carbocycles. The third kappa shape index (κ3) is 5.95. The van der Waals surface area contributed by atoms with Crippen molar-refractivity contribution in [2.75, 3.05) is 5.75 Å². The van der Waals surface area contributed by atoms with Gasteiger partial charge in [0.2, 0.25) is 0 Å². The standard InChI is InChI=1S/C14H28OS/c1-6-10-14(5,8-3)16-11-9-13(15)12(4)7-2/h7,13,15H,6,8-11H2,1-5H3. The largest absolute Gasteiger partial charge is 0.389 e. The second-order valence-electron chi connectivity index (χ2n) is 4.74. The first-order valence-corrected chi connectivity index (χ1v) is 7.42. The molecule has 0 bridgehead atoms. The molecule has 0 saturated carbocycles. The van der Waals surface area contributed by atoms with Crippen LogP contribution in [0.4, 0.5) is 0 Å². The van der Waals surface area contributed by atoms with Gasteiger partial charge in [-0.3, -0.25) is 0 Å². The lowest BCUT2D eigenvalue weighted by Crippen LogP contribution is -2.20. The highest BCUT2D eigenvalue weighted by atomic mass is 32.2. The molecule has 0 heterocycles. The molecule has 0 spiro atoms. The van der Waals surface area contributed by atoms with Crippen molar-refractivity contribution in [3.8, 4) is 0 Å². The van der Waals surface area contributed by atoms with E-state index in [0.29, 0.717) is 4.75 Å². The van der Waals surface area contributed by atoms with Gasteiger partial charge in [0, 0.05) is 4.75 Å². The van der Waals surface area contributed by atoms with Crippen LogP contribution in [0.3, 0.4) is 0 Å². The van der Waals surface area contributed by atoms with Gasteiger partial charge in [0.05, 0.1) is 6.10 Å². The van der Waals surface area contributed by atoms with Gasteiger partial charge in [0.1, 0.15) is 0 Å². The van der Waals surface area contributed by atoms with Crippen LogP contribution in [-0.2, 0) is 0 Å². The molecule has 0 aromatic carbocycles. The second-order valence-corrected chi connectivity index (χ2v) is 6.42. The highest BCUT2D eigenvalue weighted by Crippen LogP contribution is 2.34. The van der Waals surface area contributed by atoms with Gasteiger partial charge >= 0.3 is 0 Å². The highest BCUT2D eigenvalue weighted by Gasteiger charge is 2.21. The van der Waals surface area contributed by atoms with Gasteiger partial charge in [-0.2, -0.15) is 11.8 Å². The maximum atomic E-state index is 9.84. The predicted molar refractivity (Wildman–Crippen MR) is 76.1 cm³/mol. The molecule has 0 aliphatic heterocycles. The molecule has 0 aromatic rings. The number of hydrogen-bond acceptors (Lipinski definition) is 2. The van der Waals surface area contributed by atoms with Crippen molar-refractivity contribution in [2.24, 2.45) is 0 Å². The summed E-state index contributed by atoms with van der Waals surface area (Å²) in [6.07, 6.45) is 6.35. The molecule has 2 unspecified atom stereocenters. The van der Waals surface area contributed by atoms with E-state index < -0.39 is 0 Å². The average molecular weight is 244 g/mol. The lowest BCUT2D eigenvalue weighted by atomic mass is 10.0. The first-order chi connectivity index (χ1) is 7.49. The SMILES string of the molecule is CC=C(C)C(O)CCSC(C)(CC)CCC. The highest BCUT2D eigenvalue weighted by molar-refractivity contribution is 8.00. The first-order valence-electron chi connectivity index (χ1n) is 6.44. The summed E-state index contributed by atoms with van der Waals surface area (Å²) in [5.74, 6) is 1.05. The summed E-state index contributed by atoms with van der Waals surface area (Å²) in [6, 6.07) is 0. The van der Waals surface area contributed by atoms with E-state index >= 15 is 0 Å². The second kappa shape index (κ2) is 8.19. The van der Waals surface area contributed by atoms with Crippen molar-refractivity contribution in [2.45, 2.75) is 71.2 Å². The molecule has 1 N–H and O–H groups in total. The van der Waals surface area contributed by atoms with E-state index in [4.69, 9.17) is 0 Å². The zero-order valence-corrected chi connectivity index (χ0v) is 12.4. The summed E-state index contributed by atoms with van der Waals surface area (Å²) >= 11 is 2.02. The van der Waals surface area contributed by atoms with Crippen LogP contribution in [0.15, 0.2) is 11.6 Å². The minimum atomic E-state index is -0.250. The van der Waals surface area contributed by atoms with Crippen LogP contribution in [0.2, 0.25) is 0 Å². The Hall–Kier alpha value is 0.0500. The number of hydrogen-bond donors (Lipinski definition) is 1. The van der Waals surface area contributed by atoms with Crippen LogP contribution < -0.4 is 0 Å². The molecule has 0 aromatic heterocycles. The molecule has 2 heteroatoms. The molecule has 0 fully saturated rings. The number of aliphatic hydroxyl groups is 1. The van der Waals surface area contributed by atoms with Crippen molar-refractivity contribution >= 4 is 11.8 Å². The third-order valence-corrected chi connectivity index (χ3v) is 4.98. The van der Waals surface area contributed by atoms with E-state index in [-0.39, 0.29) is 6.10 Å². The van der Waals surface area contributed by atoms with E-state index in [2.05, 4.69) is 20.8 Å². The fourth-order valence-electron chi connectivity index (χ4n) is 1.72. The fourth-order valence-corrected chi connectivity index (χ4v) is 3.10. The fraction of sp³-hybridized carbons (Fsp3) is 0.857. The summed E-state index contributed by atoms with van der Waals surface area (Å²) in [6.45, 7) is 10.8. The summed E-state index contributed by atoms with van der Waals surface area (Å²) in [7, 11) is 0. The van der Waals surface area contributed by atoms with Crippen LogP contribution in [0.1, 0.15) is 60.3 Å². The molecule has 0 rings (SSSR count). The number of aliphatic hydroxyl groups excluding tert-OH is 1. The Labute approximate surface area is 106 Å². The van der Waals surface area contributed by atoms with Crippen LogP contribution in [0, 0.1) is 0 Å². The summed E-state index contributed by atoms with van der Waals surface area (Å²) in [5, 5.41) is 9.84. The van der Waals surface area contributed by atoms with E-state index in [1.807, 2.05) is 31.7 Å². The van der Waals surface area contributed by atoms with Gasteiger partial charge in [-0.1, -0.05) is 33.3 Å². The van der Waals surface area contributed by atoms with Crippen molar-refractivity contribution < 1.29 is 5.11 Å². The Bertz CT molecular complexity index is 213. The van der Waals surface area contributed by atoms with Crippen molar-refractivity contribution in [1.29, 1.82) is 0 Å². The first kappa shape index (κ1) is 16.1. The molecule has 0 aliphatic rings. The topological polar surface area (TPSA) is 20.2 Å². The lowest BCUT2D eigenvalue weighted by Gasteiger charge is -2.27. The van der Waals surface area contributed by atoms with Crippen molar-refractivity contribution in [3.05, 3.63) is 11.6 Å². The molecule has 0 radical (unpaired) electrons. The maximum absolute atomic E-state index is 9.84. The molecular formula is C14H28OS. The minimum Gasteiger partial charge on any atom is -0.389 e. The molecular weight excluding hydrogens is 216 g/mol. The predicted octanol–water partition coefficient (Wildman–Crippen LogP) is 4.41. The van der Waals surface area contributed by atoms with Crippen molar-refractivity contribution in [1.82, 2.24) is 0 Å². The monoisotopic (exact) mass is 244 g/mol. The number of thioether (sulfide) groups is 1.